The Kier molecular flexibility index (Phi) is 3.44. The zero-order valence-corrected chi connectivity index (χ0v) is 10.0. The first-order chi connectivity index (χ1) is 8.07. The van der Waals surface area contributed by atoms with Crippen LogP contribution in [0.5, 0.6) is 0 Å². The Morgan fingerprint density at radius 3 is 2.53 bits per heavy atom. The first-order valence-electron chi connectivity index (χ1n) is 5.33. The van der Waals surface area contributed by atoms with Crippen molar-refractivity contribution < 1.29 is 17.5 Å². The first-order valence-corrected chi connectivity index (χ1v) is 6.91. The van der Waals surface area contributed by atoms with Crippen LogP contribution in [0, 0.1) is 0 Å². The highest BCUT2D eigenvalue weighted by molar-refractivity contribution is 7.85. The van der Waals surface area contributed by atoms with Gasteiger partial charge in [-0.05, 0) is 12.0 Å². The van der Waals surface area contributed by atoms with Crippen LogP contribution in [0.15, 0.2) is 30.3 Å². The molecule has 0 saturated carbocycles. The van der Waals surface area contributed by atoms with Gasteiger partial charge < -0.3 is 0 Å². The number of hydrogen-bond acceptors (Lipinski definition) is 4. The van der Waals surface area contributed by atoms with Crippen molar-refractivity contribution in [1.29, 1.82) is 0 Å². The summed E-state index contributed by atoms with van der Waals surface area (Å²) in [6.07, 6.45) is 0.987. The van der Waals surface area contributed by atoms with Crippen molar-refractivity contribution in [3.63, 3.8) is 0 Å². The van der Waals surface area contributed by atoms with Crippen molar-refractivity contribution in [2.75, 3.05) is 6.54 Å². The van der Waals surface area contributed by atoms with Gasteiger partial charge in [-0.15, -0.1) is 4.28 Å². The van der Waals surface area contributed by atoms with E-state index in [2.05, 4.69) is 0 Å². The zero-order valence-electron chi connectivity index (χ0n) is 9.20. The second-order valence-corrected chi connectivity index (χ2v) is 5.41. The highest BCUT2D eigenvalue weighted by Gasteiger charge is 2.26. The van der Waals surface area contributed by atoms with E-state index in [0.717, 1.165) is 5.06 Å². The number of nitrogens with zero attached hydrogens (tertiary/aromatic N) is 1. The monoisotopic (exact) mass is 255 g/mol. The van der Waals surface area contributed by atoms with Crippen LogP contribution >= 0.6 is 0 Å². The quantitative estimate of drug-likeness (QED) is 0.807. The summed E-state index contributed by atoms with van der Waals surface area (Å²) >= 11 is 0. The maximum Gasteiger partial charge on any atom is 0.292 e. The Balaban J connectivity index is 2.02. The lowest BCUT2D eigenvalue weighted by atomic mass is 10.2. The number of benzene rings is 1. The molecule has 0 spiro atoms. The highest BCUT2D eigenvalue weighted by atomic mass is 32.2. The smallest absolute Gasteiger partial charge is 0.273 e. The third kappa shape index (κ3) is 3.28. The Morgan fingerprint density at radius 1 is 1.24 bits per heavy atom. The van der Waals surface area contributed by atoms with Crippen molar-refractivity contribution in [2.45, 2.75) is 18.6 Å². The van der Waals surface area contributed by atoms with Crippen molar-refractivity contribution in [1.82, 2.24) is 5.06 Å². The largest absolute Gasteiger partial charge is 0.292 e. The minimum atomic E-state index is -3.75. The summed E-state index contributed by atoms with van der Waals surface area (Å²) in [5.74, 6) is -0.501. The molecule has 0 aliphatic carbocycles. The third-order valence-electron chi connectivity index (χ3n) is 2.42. The van der Waals surface area contributed by atoms with E-state index in [0.29, 0.717) is 24.9 Å². The molecular weight excluding hydrogens is 242 g/mol. The SMILES string of the molecule is O=C1CCCN1OS(=O)(=O)Cc1ccccc1. The third-order valence-corrected chi connectivity index (χ3v) is 3.51. The van der Waals surface area contributed by atoms with Crippen molar-refractivity contribution >= 4 is 16.0 Å². The Morgan fingerprint density at radius 2 is 1.94 bits per heavy atom. The molecule has 0 bridgehead atoms. The van der Waals surface area contributed by atoms with Crippen LogP contribution in [0.1, 0.15) is 18.4 Å². The van der Waals surface area contributed by atoms with E-state index >= 15 is 0 Å². The summed E-state index contributed by atoms with van der Waals surface area (Å²) in [7, 11) is -3.75. The van der Waals surface area contributed by atoms with Crippen molar-refractivity contribution in [2.24, 2.45) is 0 Å². The molecule has 1 aliphatic heterocycles. The molecule has 1 saturated heterocycles. The minimum Gasteiger partial charge on any atom is -0.273 e. The fraction of sp³-hybridized carbons (Fsp3) is 0.364. The van der Waals surface area contributed by atoms with Gasteiger partial charge in [-0.1, -0.05) is 30.3 Å². The van der Waals surface area contributed by atoms with E-state index < -0.39 is 10.1 Å². The van der Waals surface area contributed by atoms with Crippen LogP contribution in [0.3, 0.4) is 0 Å². The van der Waals surface area contributed by atoms with E-state index in [1.165, 1.54) is 0 Å². The molecule has 1 fully saturated rings. The second kappa shape index (κ2) is 4.85. The Hall–Kier alpha value is -1.40. The maximum absolute atomic E-state index is 11.7. The average molecular weight is 255 g/mol. The van der Waals surface area contributed by atoms with Crippen molar-refractivity contribution in [3.8, 4) is 0 Å². The van der Waals surface area contributed by atoms with Crippen LogP contribution in [0.2, 0.25) is 0 Å². The van der Waals surface area contributed by atoms with Gasteiger partial charge in [-0.3, -0.25) is 4.79 Å². The van der Waals surface area contributed by atoms with E-state index in [-0.39, 0.29) is 11.7 Å². The molecule has 0 N–H and O–H groups in total. The number of amides is 1. The van der Waals surface area contributed by atoms with E-state index in [1.807, 2.05) is 0 Å². The summed E-state index contributed by atoms with van der Waals surface area (Å²) in [4.78, 5) is 11.2. The molecule has 0 radical (unpaired) electrons. The summed E-state index contributed by atoms with van der Waals surface area (Å²) in [6, 6.07) is 8.72. The molecule has 1 aromatic carbocycles. The topological polar surface area (TPSA) is 63.7 Å². The first kappa shape index (κ1) is 12.1. The fourth-order valence-corrected chi connectivity index (χ4v) is 2.73. The molecular formula is C11H13NO4S. The van der Waals surface area contributed by atoms with Crippen LogP contribution in [0.25, 0.3) is 0 Å². The van der Waals surface area contributed by atoms with E-state index in [4.69, 9.17) is 4.28 Å². The summed E-state index contributed by atoms with van der Waals surface area (Å²) < 4.78 is 28.1. The predicted molar refractivity (Wildman–Crippen MR) is 61.1 cm³/mol. The lowest BCUT2D eigenvalue weighted by molar-refractivity contribution is -0.149. The van der Waals surface area contributed by atoms with Crippen LogP contribution in [-0.2, 0) is 24.9 Å². The number of carbonyl (C=O) groups excluding carboxylic acids is 1. The molecule has 92 valence electrons. The molecule has 2 rings (SSSR count). The van der Waals surface area contributed by atoms with Gasteiger partial charge in [-0.25, -0.2) is 5.06 Å². The molecule has 1 heterocycles. The van der Waals surface area contributed by atoms with Gasteiger partial charge in [0.15, 0.2) is 0 Å². The molecule has 17 heavy (non-hydrogen) atoms. The average Bonchev–Trinajstić information content (AvgIpc) is 2.64. The molecule has 0 aromatic heterocycles. The molecule has 1 aromatic rings. The fourth-order valence-electron chi connectivity index (χ4n) is 1.64. The standard InChI is InChI=1S/C11H13NO4S/c13-11-7-4-8-12(11)16-17(14,15)9-10-5-2-1-3-6-10/h1-3,5-6H,4,7-9H2. The van der Waals surface area contributed by atoms with Crippen LogP contribution in [0.4, 0.5) is 0 Å². The Labute approximate surface area is 100 Å². The van der Waals surface area contributed by atoms with Gasteiger partial charge in [0.1, 0.15) is 5.75 Å². The highest BCUT2D eigenvalue weighted by Crippen LogP contribution is 2.15. The Bertz CT molecular complexity index is 497. The number of carbonyl (C=O) groups is 1. The summed E-state index contributed by atoms with van der Waals surface area (Å²) in [6.45, 7) is 0.340. The summed E-state index contributed by atoms with van der Waals surface area (Å²) in [5.41, 5.74) is 0.638. The molecule has 1 amide bonds. The molecule has 0 unspecified atom stereocenters. The summed E-state index contributed by atoms with van der Waals surface area (Å²) in [5, 5.41) is 0.929. The van der Waals surface area contributed by atoms with Gasteiger partial charge >= 0.3 is 0 Å². The van der Waals surface area contributed by atoms with E-state index in [9.17, 15) is 13.2 Å². The lowest BCUT2D eigenvalue weighted by Crippen LogP contribution is -2.29. The number of rotatable bonds is 4. The van der Waals surface area contributed by atoms with Crippen LogP contribution in [-0.4, -0.2) is 25.9 Å². The number of hydroxylamine groups is 2. The maximum atomic E-state index is 11.7. The normalized spacial score (nSPS) is 16.5. The van der Waals surface area contributed by atoms with Gasteiger partial charge in [0.25, 0.3) is 10.1 Å². The van der Waals surface area contributed by atoms with Crippen molar-refractivity contribution in [3.05, 3.63) is 35.9 Å². The van der Waals surface area contributed by atoms with Gasteiger partial charge in [0, 0.05) is 6.42 Å². The zero-order chi connectivity index (χ0) is 12.3. The van der Waals surface area contributed by atoms with E-state index in [1.54, 1.807) is 30.3 Å². The molecule has 5 nitrogen and oxygen atoms in total. The van der Waals surface area contributed by atoms with Crippen LogP contribution < -0.4 is 0 Å². The lowest BCUT2D eigenvalue weighted by Gasteiger charge is -2.14. The van der Waals surface area contributed by atoms with Gasteiger partial charge in [0.05, 0.1) is 6.54 Å². The number of hydrogen-bond donors (Lipinski definition) is 0. The van der Waals surface area contributed by atoms with Gasteiger partial charge in [-0.2, -0.15) is 8.42 Å². The molecule has 1 aliphatic rings. The van der Waals surface area contributed by atoms with Gasteiger partial charge in [0.2, 0.25) is 5.91 Å². The minimum absolute atomic E-state index is 0.225. The molecule has 0 atom stereocenters. The second-order valence-electron chi connectivity index (χ2n) is 3.86. The predicted octanol–water partition coefficient (Wildman–Crippen LogP) is 1.07. The molecule has 6 heteroatoms.